The molecule has 0 fully saturated rings. The van der Waals surface area contributed by atoms with Gasteiger partial charge in [0.05, 0.1) is 12.7 Å². The second kappa shape index (κ2) is 6.74. The van der Waals surface area contributed by atoms with Crippen LogP contribution in [-0.4, -0.2) is 23.3 Å². The number of benzene rings is 1. The summed E-state index contributed by atoms with van der Waals surface area (Å²) in [6.45, 7) is 4.41. The molecule has 3 nitrogen and oxygen atoms in total. The summed E-state index contributed by atoms with van der Waals surface area (Å²) in [6.07, 6.45) is 2.16. The molecule has 0 aliphatic rings. The van der Waals surface area contributed by atoms with E-state index in [9.17, 15) is 4.39 Å². The van der Waals surface area contributed by atoms with Gasteiger partial charge in [-0.05, 0) is 25.0 Å². The lowest BCUT2D eigenvalue weighted by molar-refractivity contribution is 0.0472. The summed E-state index contributed by atoms with van der Waals surface area (Å²) >= 11 is 0. The number of halogens is 1. The second-order valence-corrected chi connectivity index (χ2v) is 4.14. The molecule has 0 bridgehead atoms. The predicted molar refractivity (Wildman–Crippen MR) is 65.4 cm³/mol. The van der Waals surface area contributed by atoms with Crippen molar-refractivity contribution in [2.24, 2.45) is 0 Å². The first kappa shape index (κ1) is 14.2. The van der Waals surface area contributed by atoms with E-state index in [4.69, 9.17) is 14.8 Å². The van der Waals surface area contributed by atoms with Gasteiger partial charge in [-0.1, -0.05) is 25.5 Å². The summed E-state index contributed by atoms with van der Waals surface area (Å²) < 4.78 is 18.7. The first-order chi connectivity index (χ1) is 8.04. The van der Waals surface area contributed by atoms with E-state index in [-0.39, 0.29) is 11.6 Å². The highest BCUT2D eigenvalue weighted by atomic mass is 19.1. The van der Waals surface area contributed by atoms with Gasteiger partial charge in [0.25, 0.3) is 0 Å². The van der Waals surface area contributed by atoms with E-state index in [1.54, 1.807) is 6.07 Å². The van der Waals surface area contributed by atoms with Crippen LogP contribution in [0.4, 0.5) is 4.39 Å². The average Bonchev–Trinajstić information content (AvgIpc) is 2.28. The Kier molecular flexibility index (Phi) is 5.61. The van der Waals surface area contributed by atoms with Gasteiger partial charge in [-0.25, -0.2) is 4.39 Å². The summed E-state index contributed by atoms with van der Waals surface area (Å²) in [5.41, 5.74) is 0.617. The van der Waals surface area contributed by atoms with Crippen LogP contribution < -0.4 is 5.46 Å². The van der Waals surface area contributed by atoms with Gasteiger partial charge in [-0.2, -0.15) is 0 Å². The molecule has 0 saturated heterocycles. The molecule has 0 radical (unpaired) electrons. The highest BCUT2D eigenvalue weighted by Crippen LogP contribution is 2.07. The smallest absolute Gasteiger partial charge is 0.423 e. The Balaban J connectivity index is 2.63. The molecule has 5 heteroatoms. The summed E-state index contributed by atoms with van der Waals surface area (Å²) in [5.74, 6) is -0.620. The first-order valence-corrected chi connectivity index (χ1v) is 5.80. The summed E-state index contributed by atoms with van der Waals surface area (Å²) in [4.78, 5) is 0. The molecule has 1 unspecified atom stereocenters. The molecule has 0 heterocycles. The van der Waals surface area contributed by atoms with Crippen molar-refractivity contribution < 1.29 is 19.2 Å². The lowest BCUT2D eigenvalue weighted by Crippen LogP contribution is -2.33. The summed E-state index contributed by atoms with van der Waals surface area (Å²) in [6, 6.07) is 4.22. The van der Waals surface area contributed by atoms with Crippen LogP contribution in [0.25, 0.3) is 0 Å². The largest absolute Gasteiger partial charge is 0.491 e. The molecule has 0 saturated carbocycles. The van der Waals surface area contributed by atoms with E-state index in [0.717, 1.165) is 18.4 Å². The third-order valence-corrected chi connectivity index (χ3v) is 2.57. The molecular weight excluding hydrogens is 222 g/mol. The highest BCUT2D eigenvalue weighted by Gasteiger charge is 2.16. The molecule has 0 aliphatic carbocycles. The predicted octanol–water partition coefficient (Wildman–Crippen LogP) is 1.21. The third-order valence-electron chi connectivity index (χ3n) is 2.57. The van der Waals surface area contributed by atoms with Crippen LogP contribution in [0.1, 0.15) is 32.3 Å². The summed E-state index contributed by atoms with van der Waals surface area (Å²) in [5, 5.41) is 17.9. The second-order valence-electron chi connectivity index (χ2n) is 4.14. The molecule has 0 aromatic heterocycles. The SMILES string of the molecule is CCCC(C)OCc1ccc(F)c(B(O)O)c1. The maximum atomic E-state index is 13.2. The molecule has 0 aliphatic heterocycles. The van der Waals surface area contributed by atoms with Crippen molar-refractivity contribution in [3.63, 3.8) is 0 Å². The molecule has 17 heavy (non-hydrogen) atoms. The molecule has 1 rings (SSSR count). The van der Waals surface area contributed by atoms with Crippen LogP contribution in [0, 0.1) is 5.82 Å². The zero-order chi connectivity index (χ0) is 12.8. The Morgan fingerprint density at radius 1 is 1.41 bits per heavy atom. The van der Waals surface area contributed by atoms with E-state index in [1.165, 1.54) is 12.1 Å². The van der Waals surface area contributed by atoms with E-state index < -0.39 is 12.9 Å². The minimum absolute atomic E-state index is 0.116. The van der Waals surface area contributed by atoms with Gasteiger partial charge in [0, 0.05) is 5.46 Å². The van der Waals surface area contributed by atoms with Crippen LogP contribution >= 0.6 is 0 Å². The Hall–Kier alpha value is -0.905. The normalized spacial score (nSPS) is 12.5. The first-order valence-electron chi connectivity index (χ1n) is 5.80. The lowest BCUT2D eigenvalue weighted by atomic mass is 9.79. The highest BCUT2D eigenvalue weighted by molar-refractivity contribution is 6.58. The van der Waals surface area contributed by atoms with Crippen molar-refractivity contribution in [2.75, 3.05) is 0 Å². The van der Waals surface area contributed by atoms with Crippen molar-refractivity contribution in [1.82, 2.24) is 0 Å². The van der Waals surface area contributed by atoms with Gasteiger partial charge in [-0.3, -0.25) is 0 Å². The van der Waals surface area contributed by atoms with E-state index in [2.05, 4.69) is 6.92 Å². The molecule has 94 valence electrons. The average molecular weight is 240 g/mol. The molecule has 2 N–H and O–H groups in total. The molecular formula is C12H18BFO3. The van der Waals surface area contributed by atoms with Crippen molar-refractivity contribution in [3.05, 3.63) is 29.6 Å². The van der Waals surface area contributed by atoms with Crippen molar-refractivity contribution in [3.8, 4) is 0 Å². The third kappa shape index (κ3) is 4.46. The minimum atomic E-state index is -1.79. The van der Waals surface area contributed by atoms with Gasteiger partial charge in [0.15, 0.2) is 0 Å². The molecule has 1 aromatic carbocycles. The van der Waals surface area contributed by atoms with Crippen LogP contribution in [0.3, 0.4) is 0 Å². The summed E-state index contributed by atoms with van der Waals surface area (Å²) in [7, 11) is -1.79. The van der Waals surface area contributed by atoms with Crippen LogP contribution in [0.2, 0.25) is 0 Å². The van der Waals surface area contributed by atoms with Crippen molar-refractivity contribution in [2.45, 2.75) is 39.4 Å². The minimum Gasteiger partial charge on any atom is -0.423 e. The monoisotopic (exact) mass is 240 g/mol. The molecule has 0 amide bonds. The van der Waals surface area contributed by atoms with E-state index >= 15 is 0 Å². The van der Waals surface area contributed by atoms with Gasteiger partial charge >= 0.3 is 7.12 Å². The van der Waals surface area contributed by atoms with Crippen molar-refractivity contribution >= 4 is 12.6 Å². The number of ether oxygens (including phenoxy) is 1. The Bertz CT molecular complexity index is 358. The van der Waals surface area contributed by atoms with Crippen LogP contribution in [-0.2, 0) is 11.3 Å². The maximum absolute atomic E-state index is 13.2. The van der Waals surface area contributed by atoms with E-state index in [1.807, 2.05) is 6.92 Å². The molecule has 1 aromatic rings. The fourth-order valence-corrected chi connectivity index (χ4v) is 1.61. The fraction of sp³-hybridized carbons (Fsp3) is 0.500. The Labute approximate surface area is 101 Å². The van der Waals surface area contributed by atoms with Crippen LogP contribution in [0.15, 0.2) is 18.2 Å². The van der Waals surface area contributed by atoms with Gasteiger partial charge in [0.1, 0.15) is 5.82 Å². The quantitative estimate of drug-likeness (QED) is 0.735. The zero-order valence-electron chi connectivity index (χ0n) is 10.2. The van der Waals surface area contributed by atoms with Gasteiger partial charge in [-0.15, -0.1) is 0 Å². The number of rotatable bonds is 6. The molecule has 0 spiro atoms. The topological polar surface area (TPSA) is 49.7 Å². The molecule has 1 atom stereocenters. The van der Waals surface area contributed by atoms with Gasteiger partial charge in [0.2, 0.25) is 0 Å². The van der Waals surface area contributed by atoms with E-state index in [0.29, 0.717) is 6.61 Å². The standard InChI is InChI=1S/C12H18BFO3/c1-3-4-9(2)17-8-10-5-6-12(14)11(7-10)13(15)16/h5-7,9,15-16H,3-4,8H2,1-2H3. The van der Waals surface area contributed by atoms with Crippen LogP contribution in [0.5, 0.6) is 0 Å². The van der Waals surface area contributed by atoms with Gasteiger partial charge < -0.3 is 14.8 Å². The number of hydrogen-bond donors (Lipinski definition) is 2. The lowest BCUT2D eigenvalue weighted by Gasteiger charge is -2.12. The number of hydrogen-bond acceptors (Lipinski definition) is 3. The fourth-order valence-electron chi connectivity index (χ4n) is 1.61. The van der Waals surface area contributed by atoms with Crippen molar-refractivity contribution in [1.29, 1.82) is 0 Å². The Morgan fingerprint density at radius 3 is 2.71 bits per heavy atom. The zero-order valence-corrected chi connectivity index (χ0v) is 10.2. The maximum Gasteiger partial charge on any atom is 0.491 e. The Morgan fingerprint density at radius 2 is 2.12 bits per heavy atom.